The highest BCUT2D eigenvalue weighted by Gasteiger charge is 2.00. The van der Waals surface area contributed by atoms with E-state index >= 15 is 0 Å². The summed E-state index contributed by atoms with van der Waals surface area (Å²) in [6.07, 6.45) is 12.7. The maximum Gasteiger partial charge on any atom is 0.129 e. The van der Waals surface area contributed by atoms with E-state index in [4.69, 9.17) is 0 Å². The number of nitrogens with one attached hydrogen (secondary N) is 1. The van der Waals surface area contributed by atoms with Gasteiger partial charge in [-0.2, -0.15) is 0 Å². The van der Waals surface area contributed by atoms with Crippen LogP contribution in [0.3, 0.4) is 0 Å². The lowest BCUT2D eigenvalue weighted by molar-refractivity contribution is 0.743. The van der Waals surface area contributed by atoms with Crippen molar-refractivity contribution in [2.45, 2.75) is 39.5 Å². The predicted octanol–water partition coefficient (Wildman–Crippen LogP) is 4.45. The normalized spacial score (nSPS) is 11.3. The summed E-state index contributed by atoms with van der Waals surface area (Å²) in [7, 11) is 0. The van der Waals surface area contributed by atoms with Crippen molar-refractivity contribution in [3.05, 3.63) is 59.2 Å². The first-order valence-electron chi connectivity index (χ1n) is 6.98. The Kier molecular flexibility index (Phi) is 4.96. The lowest BCUT2D eigenvalue weighted by atomic mass is 9.97. The molecule has 0 spiro atoms. The van der Waals surface area contributed by atoms with Crippen molar-refractivity contribution >= 4 is 6.08 Å². The fraction of sp³-hybridized carbons (Fsp3) is 0.353. The molecule has 2 nitrogen and oxygen atoms in total. The number of rotatable bonds is 6. The number of H-pyrrole nitrogens is 1. The van der Waals surface area contributed by atoms with Gasteiger partial charge in [0.2, 0.25) is 0 Å². The highest BCUT2D eigenvalue weighted by atomic mass is 14.9. The van der Waals surface area contributed by atoms with E-state index in [2.05, 4.69) is 54.2 Å². The quantitative estimate of drug-likeness (QED) is 0.758. The molecule has 100 valence electrons. The van der Waals surface area contributed by atoms with E-state index in [1.165, 1.54) is 36.0 Å². The first kappa shape index (κ1) is 13.6. The van der Waals surface area contributed by atoms with Gasteiger partial charge in [-0.05, 0) is 62.3 Å². The van der Waals surface area contributed by atoms with Crippen LogP contribution in [0.15, 0.2) is 36.7 Å². The van der Waals surface area contributed by atoms with Gasteiger partial charge in [0.1, 0.15) is 5.82 Å². The maximum absolute atomic E-state index is 4.16. The standard InChI is InChI=1S/C17H22N2/c1-14-8-7-9-15(2)16(14)10-5-3-4-6-11-17-18-12-13-19-17/h6-9,11-13H,3-5,10H2,1-2H3,(H,18,19). The van der Waals surface area contributed by atoms with Crippen LogP contribution in [-0.4, -0.2) is 9.97 Å². The second-order valence-electron chi connectivity index (χ2n) is 4.99. The Morgan fingerprint density at radius 1 is 1.16 bits per heavy atom. The van der Waals surface area contributed by atoms with Crippen molar-refractivity contribution in [2.24, 2.45) is 0 Å². The molecule has 19 heavy (non-hydrogen) atoms. The number of hydrogen-bond acceptors (Lipinski definition) is 1. The van der Waals surface area contributed by atoms with E-state index < -0.39 is 0 Å². The third kappa shape index (κ3) is 4.09. The van der Waals surface area contributed by atoms with Crippen LogP contribution in [0.25, 0.3) is 6.08 Å². The van der Waals surface area contributed by atoms with Crippen molar-refractivity contribution in [1.82, 2.24) is 9.97 Å². The van der Waals surface area contributed by atoms with Gasteiger partial charge in [-0.15, -0.1) is 0 Å². The average molecular weight is 254 g/mol. The second-order valence-corrected chi connectivity index (χ2v) is 4.99. The molecule has 0 aliphatic carbocycles. The molecule has 2 heteroatoms. The zero-order valence-corrected chi connectivity index (χ0v) is 11.8. The van der Waals surface area contributed by atoms with Crippen LogP contribution >= 0.6 is 0 Å². The number of allylic oxidation sites excluding steroid dienone is 1. The highest BCUT2D eigenvalue weighted by molar-refractivity contribution is 5.38. The van der Waals surface area contributed by atoms with Crippen molar-refractivity contribution in [2.75, 3.05) is 0 Å². The largest absolute Gasteiger partial charge is 0.345 e. The summed E-state index contributed by atoms with van der Waals surface area (Å²) >= 11 is 0. The first-order valence-corrected chi connectivity index (χ1v) is 6.98. The van der Waals surface area contributed by atoms with Crippen LogP contribution < -0.4 is 0 Å². The molecule has 1 aromatic heterocycles. The fourth-order valence-corrected chi connectivity index (χ4v) is 2.37. The van der Waals surface area contributed by atoms with Crippen molar-refractivity contribution in [3.8, 4) is 0 Å². The molecule has 0 atom stereocenters. The zero-order valence-electron chi connectivity index (χ0n) is 11.8. The van der Waals surface area contributed by atoms with Gasteiger partial charge in [0.05, 0.1) is 0 Å². The molecule has 0 unspecified atom stereocenters. The molecular weight excluding hydrogens is 232 g/mol. The number of aromatic amines is 1. The van der Waals surface area contributed by atoms with Crippen LogP contribution in [0.2, 0.25) is 0 Å². The molecule has 2 aromatic rings. The zero-order chi connectivity index (χ0) is 13.5. The van der Waals surface area contributed by atoms with Crippen LogP contribution in [0, 0.1) is 13.8 Å². The third-order valence-corrected chi connectivity index (χ3v) is 3.49. The number of unbranched alkanes of at least 4 members (excludes halogenated alkanes) is 2. The number of aromatic nitrogens is 2. The summed E-state index contributed by atoms with van der Waals surface area (Å²) in [4.78, 5) is 7.23. The molecule has 0 fully saturated rings. The van der Waals surface area contributed by atoms with Crippen molar-refractivity contribution in [1.29, 1.82) is 0 Å². The first-order chi connectivity index (χ1) is 9.27. The van der Waals surface area contributed by atoms with E-state index in [9.17, 15) is 0 Å². The van der Waals surface area contributed by atoms with Gasteiger partial charge in [0, 0.05) is 12.4 Å². The molecule has 0 amide bonds. The lowest BCUT2D eigenvalue weighted by Crippen LogP contribution is -1.93. The Hall–Kier alpha value is -1.83. The monoisotopic (exact) mass is 254 g/mol. The Morgan fingerprint density at radius 3 is 2.63 bits per heavy atom. The molecule has 0 saturated carbocycles. The van der Waals surface area contributed by atoms with Crippen LogP contribution in [0.1, 0.15) is 41.8 Å². The molecule has 1 N–H and O–H groups in total. The SMILES string of the molecule is Cc1cccc(C)c1CCCCC=Cc1ncc[nH]1. The Labute approximate surface area is 115 Å². The fourth-order valence-electron chi connectivity index (χ4n) is 2.37. The molecule has 0 aliphatic heterocycles. The topological polar surface area (TPSA) is 28.7 Å². The van der Waals surface area contributed by atoms with Gasteiger partial charge >= 0.3 is 0 Å². The van der Waals surface area contributed by atoms with Crippen LogP contribution in [-0.2, 0) is 6.42 Å². The molecule has 0 saturated heterocycles. The Morgan fingerprint density at radius 2 is 1.95 bits per heavy atom. The Bertz CT molecular complexity index is 504. The van der Waals surface area contributed by atoms with Gasteiger partial charge in [-0.1, -0.05) is 24.3 Å². The van der Waals surface area contributed by atoms with Crippen molar-refractivity contribution < 1.29 is 0 Å². The molecule has 2 rings (SSSR count). The summed E-state index contributed by atoms with van der Waals surface area (Å²) in [6.45, 7) is 4.41. The number of hydrogen-bond donors (Lipinski definition) is 1. The maximum atomic E-state index is 4.16. The number of aryl methyl sites for hydroxylation is 2. The molecule has 0 bridgehead atoms. The molecule has 1 aromatic carbocycles. The van der Waals surface area contributed by atoms with Crippen LogP contribution in [0.5, 0.6) is 0 Å². The number of imidazole rings is 1. The summed E-state index contributed by atoms with van der Waals surface area (Å²) in [5.74, 6) is 0.940. The minimum Gasteiger partial charge on any atom is -0.345 e. The van der Waals surface area contributed by atoms with Gasteiger partial charge < -0.3 is 4.98 Å². The smallest absolute Gasteiger partial charge is 0.129 e. The van der Waals surface area contributed by atoms with Crippen molar-refractivity contribution in [3.63, 3.8) is 0 Å². The predicted molar refractivity (Wildman–Crippen MR) is 81.1 cm³/mol. The van der Waals surface area contributed by atoms with E-state index in [0.29, 0.717) is 0 Å². The molecular formula is C17H22N2. The number of nitrogens with zero attached hydrogens (tertiary/aromatic N) is 1. The molecule has 0 radical (unpaired) electrons. The summed E-state index contributed by atoms with van der Waals surface area (Å²) in [6, 6.07) is 6.55. The molecule has 1 heterocycles. The minimum atomic E-state index is 0.940. The van der Waals surface area contributed by atoms with Gasteiger partial charge in [-0.3, -0.25) is 0 Å². The molecule has 0 aliphatic rings. The average Bonchev–Trinajstić information content (AvgIpc) is 2.89. The van der Waals surface area contributed by atoms with Gasteiger partial charge in [-0.25, -0.2) is 4.98 Å². The summed E-state index contributed by atoms with van der Waals surface area (Å²) < 4.78 is 0. The van der Waals surface area contributed by atoms with E-state index in [-0.39, 0.29) is 0 Å². The Balaban J connectivity index is 1.72. The van der Waals surface area contributed by atoms with E-state index in [1.807, 2.05) is 6.20 Å². The van der Waals surface area contributed by atoms with E-state index in [0.717, 1.165) is 12.2 Å². The number of benzene rings is 1. The summed E-state index contributed by atoms with van der Waals surface area (Å²) in [5, 5.41) is 0. The third-order valence-electron chi connectivity index (χ3n) is 3.49. The lowest BCUT2D eigenvalue weighted by Gasteiger charge is -2.08. The van der Waals surface area contributed by atoms with Gasteiger partial charge in [0.15, 0.2) is 0 Å². The summed E-state index contributed by atoms with van der Waals surface area (Å²) in [5.41, 5.74) is 4.37. The van der Waals surface area contributed by atoms with Crippen LogP contribution in [0.4, 0.5) is 0 Å². The highest BCUT2D eigenvalue weighted by Crippen LogP contribution is 2.16. The second kappa shape index (κ2) is 6.93. The van der Waals surface area contributed by atoms with Gasteiger partial charge in [0.25, 0.3) is 0 Å². The van der Waals surface area contributed by atoms with E-state index in [1.54, 1.807) is 6.20 Å². The minimum absolute atomic E-state index is 0.940.